The minimum atomic E-state index is -5.96. The van der Waals surface area contributed by atoms with Crippen LogP contribution in [0.5, 0.6) is 5.75 Å². The number of fused-ring (bicyclic) bond motifs is 1. The van der Waals surface area contributed by atoms with Crippen molar-refractivity contribution < 1.29 is 50.6 Å². The lowest BCUT2D eigenvalue weighted by molar-refractivity contribution is -0.278. The summed E-state index contributed by atoms with van der Waals surface area (Å²) in [6, 6.07) is 2.05. The molecule has 1 aromatic rings. The van der Waals surface area contributed by atoms with Crippen molar-refractivity contribution in [2.45, 2.75) is 63.0 Å². The molecule has 0 saturated heterocycles. The molecule has 184 valence electrons. The molecule has 1 aliphatic rings. The molecule has 0 spiro atoms. The lowest BCUT2D eigenvalue weighted by Crippen LogP contribution is -2.62. The van der Waals surface area contributed by atoms with Gasteiger partial charge in [-0.3, -0.25) is 14.4 Å². The van der Waals surface area contributed by atoms with Gasteiger partial charge in [-0.15, -0.1) is 0 Å². The molecule has 3 N–H and O–H groups in total. The van der Waals surface area contributed by atoms with Crippen molar-refractivity contribution in [3.8, 4) is 5.75 Å². The Kier molecular flexibility index (Phi) is 7.67. The van der Waals surface area contributed by atoms with Gasteiger partial charge in [-0.1, -0.05) is 13.8 Å². The number of alkyl halides is 5. The monoisotopic (exact) mass is 484 g/mol. The molecule has 1 aromatic carbocycles. The van der Waals surface area contributed by atoms with Crippen LogP contribution < -0.4 is 15.4 Å². The van der Waals surface area contributed by atoms with E-state index in [0.717, 1.165) is 19.1 Å². The maximum absolute atomic E-state index is 13.5. The van der Waals surface area contributed by atoms with E-state index in [2.05, 4.69) is 5.32 Å². The zero-order chi connectivity index (χ0) is 25.2. The number of Topliss-reactive ketones (excluding diaryl/α,β-unsaturated/α-hetero) is 1. The van der Waals surface area contributed by atoms with E-state index in [0.29, 0.717) is 0 Å². The summed E-state index contributed by atoms with van der Waals surface area (Å²) in [5.74, 6) is -9.68. The molecule has 0 bridgehead atoms. The smallest absolute Gasteiger partial charge is 0.455 e. The van der Waals surface area contributed by atoms with Crippen molar-refractivity contribution in [2.24, 2.45) is 0 Å². The molecular weight excluding hydrogens is 462 g/mol. The van der Waals surface area contributed by atoms with E-state index in [1.807, 2.05) is 0 Å². The minimum absolute atomic E-state index is 0.155. The first-order valence-electron chi connectivity index (χ1n) is 9.90. The number of nitrogens with one attached hydrogen (secondary N) is 2. The lowest BCUT2D eigenvalue weighted by atomic mass is 9.95. The average Bonchev–Trinajstić information content (AvgIpc) is 2.86. The van der Waals surface area contributed by atoms with Crippen molar-refractivity contribution in [1.82, 2.24) is 10.6 Å². The largest absolute Gasteiger partial charge is 0.488 e. The highest BCUT2D eigenvalue weighted by Crippen LogP contribution is 2.35. The third-order valence-electron chi connectivity index (χ3n) is 5.22. The van der Waals surface area contributed by atoms with Crippen LogP contribution in [0.25, 0.3) is 0 Å². The second kappa shape index (κ2) is 9.57. The van der Waals surface area contributed by atoms with Crippen LogP contribution in [-0.2, 0) is 20.8 Å². The number of aliphatic hydroxyl groups is 1. The molecule has 13 heteroatoms. The molecular formula is C20H22F6N2O5. The number of benzene rings is 1. The van der Waals surface area contributed by atoms with Gasteiger partial charge in [0.15, 0.2) is 5.78 Å². The summed E-state index contributed by atoms with van der Waals surface area (Å²) in [5.41, 5.74) is -2.85. The summed E-state index contributed by atoms with van der Waals surface area (Å²) in [6.07, 6.45) is -7.86. The van der Waals surface area contributed by atoms with Crippen molar-refractivity contribution in [3.05, 3.63) is 29.6 Å². The minimum Gasteiger partial charge on any atom is -0.488 e. The summed E-state index contributed by atoms with van der Waals surface area (Å²) in [5, 5.41) is 13.8. The Bertz CT molecular complexity index is 923. The van der Waals surface area contributed by atoms with Crippen LogP contribution >= 0.6 is 0 Å². The average molecular weight is 484 g/mol. The molecule has 0 radical (unpaired) electrons. The predicted octanol–water partition coefficient (Wildman–Crippen LogP) is 2.05. The molecule has 0 aromatic heterocycles. The first-order chi connectivity index (χ1) is 15.2. The van der Waals surface area contributed by atoms with E-state index < -0.39 is 66.2 Å². The van der Waals surface area contributed by atoms with E-state index in [-0.39, 0.29) is 24.2 Å². The van der Waals surface area contributed by atoms with Crippen LogP contribution in [0.15, 0.2) is 18.2 Å². The van der Waals surface area contributed by atoms with Gasteiger partial charge in [-0.25, -0.2) is 4.39 Å². The van der Waals surface area contributed by atoms with E-state index >= 15 is 0 Å². The molecule has 33 heavy (non-hydrogen) atoms. The van der Waals surface area contributed by atoms with Gasteiger partial charge in [0.05, 0.1) is 6.54 Å². The summed E-state index contributed by atoms with van der Waals surface area (Å²) in [4.78, 5) is 37.6. The maximum Gasteiger partial charge on any atom is 0.455 e. The van der Waals surface area contributed by atoms with Gasteiger partial charge >= 0.3 is 12.1 Å². The zero-order valence-corrected chi connectivity index (χ0v) is 17.6. The third kappa shape index (κ3) is 5.57. The fourth-order valence-corrected chi connectivity index (χ4v) is 3.15. The Balaban J connectivity index is 2.20. The number of carbonyl (C=O) groups excluding carboxylic acids is 3. The highest BCUT2D eigenvalue weighted by molar-refractivity contribution is 6.09. The van der Waals surface area contributed by atoms with E-state index in [4.69, 9.17) is 4.74 Å². The van der Waals surface area contributed by atoms with E-state index in [9.17, 15) is 45.8 Å². The molecule has 1 unspecified atom stereocenters. The standard InChI is InChI=1S/C20H22F6N2O5/c1-3-13-15(12(29)8-10-7-11(21)5-6-14(10)33-13)28-17(31)18(32,4-2)16(30)27-9-19(22,23)20(24,25)26/h5-7,13,15,32H,3-4,8-9H2,1-2H3,(H,27,30)(H,28,31)/t13-,15-,18?/m1/s1. The van der Waals surface area contributed by atoms with Crippen molar-refractivity contribution >= 4 is 17.6 Å². The molecule has 0 aliphatic carbocycles. The van der Waals surface area contributed by atoms with Gasteiger partial charge in [0.25, 0.3) is 11.8 Å². The van der Waals surface area contributed by atoms with Crippen LogP contribution in [0.3, 0.4) is 0 Å². The molecule has 1 heterocycles. The van der Waals surface area contributed by atoms with Gasteiger partial charge in [0, 0.05) is 12.0 Å². The molecule has 1 aliphatic heterocycles. The second-order valence-electron chi connectivity index (χ2n) is 7.51. The number of hydrogen-bond donors (Lipinski definition) is 3. The van der Waals surface area contributed by atoms with Gasteiger partial charge in [-0.05, 0) is 31.0 Å². The number of ketones is 1. The maximum atomic E-state index is 13.5. The molecule has 7 nitrogen and oxygen atoms in total. The SMILES string of the molecule is CC[C@H]1Oc2ccc(F)cc2CC(=O)[C@H]1NC(=O)C(O)(CC)C(=O)NCC(F)(F)C(F)(F)F. The number of halogens is 6. The zero-order valence-electron chi connectivity index (χ0n) is 17.6. The van der Waals surface area contributed by atoms with Gasteiger partial charge in [-0.2, -0.15) is 22.0 Å². The predicted molar refractivity (Wildman–Crippen MR) is 101 cm³/mol. The molecule has 0 fully saturated rings. The van der Waals surface area contributed by atoms with Crippen LogP contribution in [0.1, 0.15) is 32.3 Å². The Morgan fingerprint density at radius 2 is 1.79 bits per heavy atom. The van der Waals surface area contributed by atoms with Crippen molar-refractivity contribution in [3.63, 3.8) is 0 Å². The van der Waals surface area contributed by atoms with Gasteiger partial charge in [0.1, 0.15) is 23.7 Å². The molecule has 0 saturated carbocycles. The Morgan fingerprint density at radius 1 is 1.15 bits per heavy atom. The number of amides is 2. The summed E-state index contributed by atoms with van der Waals surface area (Å²) >= 11 is 0. The first-order valence-corrected chi connectivity index (χ1v) is 9.90. The highest BCUT2D eigenvalue weighted by atomic mass is 19.4. The topological polar surface area (TPSA) is 105 Å². The highest BCUT2D eigenvalue weighted by Gasteiger charge is 2.58. The van der Waals surface area contributed by atoms with Gasteiger partial charge in [0.2, 0.25) is 5.60 Å². The Labute approximate surface area is 184 Å². The fourth-order valence-electron chi connectivity index (χ4n) is 3.15. The number of carbonyl (C=O) groups is 3. The lowest BCUT2D eigenvalue weighted by Gasteiger charge is -2.30. The van der Waals surface area contributed by atoms with Crippen LogP contribution in [0, 0.1) is 5.82 Å². The Morgan fingerprint density at radius 3 is 2.33 bits per heavy atom. The number of ether oxygens (including phenoxy) is 1. The van der Waals surface area contributed by atoms with Crippen molar-refractivity contribution in [2.75, 3.05) is 6.54 Å². The summed E-state index contributed by atoms with van der Waals surface area (Å²) < 4.78 is 82.3. The summed E-state index contributed by atoms with van der Waals surface area (Å²) in [7, 11) is 0. The van der Waals surface area contributed by atoms with E-state index in [1.54, 1.807) is 6.92 Å². The second-order valence-corrected chi connectivity index (χ2v) is 7.51. The summed E-state index contributed by atoms with van der Waals surface area (Å²) in [6.45, 7) is 0.515. The molecule has 3 atom stereocenters. The molecule has 2 rings (SSSR count). The third-order valence-corrected chi connectivity index (χ3v) is 5.22. The Hall–Kier alpha value is -2.83. The first kappa shape index (κ1) is 26.4. The van der Waals surface area contributed by atoms with Gasteiger partial charge < -0.3 is 20.5 Å². The van der Waals surface area contributed by atoms with Crippen molar-refractivity contribution in [1.29, 1.82) is 0 Å². The fraction of sp³-hybridized carbons (Fsp3) is 0.550. The van der Waals surface area contributed by atoms with Crippen LogP contribution in [0.2, 0.25) is 0 Å². The quantitative estimate of drug-likeness (QED) is 0.406. The van der Waals surface area contributed by atoms with E-state index in [1.165, 1.54) is 11.4 Å². The van der Waals surface area contributed by atoms with Crippen LogP contribution in [0.4, 0.5) is 26.3 Å². The number of hydrogen-bond acceptors (Lipinski definition) is 5. The van der Waals surface area contributed by atoms with Crippen LogP contribution in [-0.4, -0.2) is 59.1 Å². The molecule has 2 amide bonds. The normalized spacial score (nSPS) is 20.7. The number of rotatable bonds is 7.